The normalized spacial score (nSPS) is 20.1. The molecule has 1 saturated heterocycles. The number of piperidine rings is 1. The average molecular weight is 364 g/mol. The van der Waals surface area contributed by atoms with Crippen LogP contribution in [0.25, 0.3) is 5.65 Å². The standard InChI is InChI=1S/C18H19ClFN3O2/c1-12-4-9-25-18(10-12)5-7-22(8-6-18)17(24)15-16(20)23-11-13(19)2-3-14(23)21-15/h2-3,10-11H,4-9H2,1H3. The molecule has 0 bridgehead atoms. The molecule has 0 atom stereocenters. The van der Waals surface area contributed by atoms with Crippen molar-refractivity contribution in [3.63, 3.8) is 0 Å². The summed E-state index contributed by atoms with van der Waals surface area (Å²) in [5.41, 5.74) is 1.26. The molecule has 0 aromatic carbocycles. The van der Waals surface area contributed by atoms with E-state index in [2.05, 4.69) is 18.0 Å². The van der Waals surface area contributed by atoms with Gasteiger partial charge in [-0.2, -0.15) is 4.39 Å². The fourth-order valence-electron chi connectivity index (χ4n) is 3.63. The Hall–Kier alpha value is -1.92. The van der Waals surface area contributed by atoms with Crippen molar-refractivity contribution in [3.05, 3.63) is 46.6 Å². The van der Waals surface area contributed by atoms with Crippen LogP contribution >= 0.6 is 11.6 Å². The molecule has 1 amide bonds. The van der Waals surface area contributed by atoms with E-state index in [1.165, 1.54) is 16.2 Å². The predicted octanol–water partition coefficient (Wildman–Crippen LogP) is 3.47. The summed E-state index contributed by atoms with van der Waals surface area (Å²) in [6, 6.07) is 3.22. The van der Waals surface area contributed by atoms with Crippen molar-refractivity contribution >= 4 is 23.2 Å². The van der Waals surface area contributed by atoms with Gasteiger partial charge in [0.2, 0.25) is 5.95 Å². The second kappa shape index (κ2) is 6.11. The summed E-state index contributed by atoms with van der Waals surface area (Å²) in [6.45, 7) is 3.88. The summed E-state index contributed by atoms with van der Waals surface area (Å²) in [4.78, 5) is 18.5. The number of imidazole rings is 1. The number of carbonyl (C=O) groups excluding carboxylic acids is 1. The Bertz CT molecular complexity index is 869. The van der Waals surface area contributed by atoms with Gasteiger partial charge in [0, 0.05) is 19.3 Å². The Kier molecular flexibility index (Phi) is 4.04. The van der Waals surface area contributed by atoms with Crippen molar-refractivity contribution in [1.29, 1.82) is 0 Å². The summed E-state index contributed by atoms with van der Waals surface area (Å²) < 4.78 is 21.8. The Morgan fingerprint density at radius 3 is 2.84 bits per heavy atom. The van der Waals surface area contributed by atoms with Crippen LogP contribution in [0.5, 0.6) is 0 Å². The maximum Gasteiger partial charge on any atom is 0.277 e. The number of likely N-dealkylation sites (tertiary alicyclic amines) is 1. The van der Waals surface area contributed by atoms with Crippen molar-refractivity contribution in [2.45, 2.75) is 31.8 Å². The number of nitrogens with zero attached hydrogens (tertiary/aromatic N) is 3. The number of aromatic nitrogens is 2. The summed E-state index contributed by atoms with van der Waals surface area (Å²) in [5, 5.41) is 0.388. The third-order valence-corrected chi connectivity index (χ3v) is 5.24. The van der Waals surface area contributed by atoms with E-state index < -0.39 is 5.95 Å². The van der Waals surface area contributed by atoms with Crippen LogP contribution in [0.1, 0.15) is 36.7 Å². The van der Waals surface area contributed by atoms with E-state index >= 15 is 0 Å². The molecule has 0 aliphatic carbocycles. The Morgan fingerprint density at radius 2 is 2.12 bits per heavy atom. The van der Waals surface area contributed by atoms with Crippen LogP contribution in [0.4, 0.5) is 4.39 Å². The lowest BCUT2D eigenvalue weighted by Gasteiger charge is -2.42. The molecule has 132 valence electrons. The van der Waals surface area contributed by atoms with Crippen molar-refractivity contribution < 1.29 is 13.9 Å². The van der Waals surface area contributed by atoms with Gasteiger partial charge in [0.25, 0.3) is 5.91 Å². The van der Waals surface area contributed by atoms with E-state index in [0.29, 0.717) is 23.8 Å². The van der Waals surface area contributed by atoms with Crippen molar-refractivity contribution in [2.24, 2.45) is 0 Å². The van der Waals surface area contributed by atoms with E-state index in [4.69, 9.17) is 16.3 Å². The van der Waals surface area contributed by atoms with Gasteiger partial charge in [-0.05, 0) is 38.3 Å². The zero-order valence-corrected chi connectivity index (χ0v) is 14.7. The number of hydrogen-bond acceptors (Lipinski definition) is 3. The number of carbonyl (C=O) groups is 1. The number of hydrogen-bond donors (Lipinski definition) is 0. The van der Waals surface area contributed by atoms with Gasteiger partial charge in [-0.3, -0.25) is 9.20 Å². The summed E-state index contributed by atoms with van der Waals surface area (Å²) in [6.07, 6.45) is 6.00. The highest BCUT2D eigenvalue weighted by Gasteiger charge is 2.38. The molecule has 1 fully saturated rings. The quantitative estimate of drug-likeness (QED) is 0.729. The molecule has 0 N–H and O–H groups in total. The topological polar surface area (TPSA) is 46.8 Å². The molecule has 25 heavy (non-hydrogen) atoms. The van der Waals surface area contributed by atoms with Gasteiger partial charge >= 0.3 is 0 Å². The van der Waals surface area contributed by atoms with E-state index in [0.717, 1.165) is 25.9 Å². The summed E-state index contributed by atoms with van der Waals surface area (Å²) in [7, 11) is 0. The van der Waals surface area contributed by atoms with Crippen LogP contribution in [-0.4, -0.2) is 45.5 Å². The Morgan fingerprint density at radius 1 is 1.36 bits per heavy atom. The zero-order chi connectivity index (χ0) is 17.6. The Balaban J connectivity index is 1.55. The second-order valence-electron chi connectivity index (χ2n) is 6.77. The molecule has 7 heteroatoms. The zero-order valence-electron chi connectivity index (χ0n) is 14.0. The number of halogens is 2. The summed E-state index contributed by atoms with van der Waals surface area (Å²) in [5.74, 6) is -1.06. The molecule has 0 unspecified atom stereocenters. The minimum atomic E-state index is -0.674. The predicted molar refractivity (Wildman–Crippen MR) is 92.4 cm³/mol. The molecule has 5 nitrogen and oxygen atoms in total. The van der Waals surface area contributed by atoms with Crippen LogP contribution in [0.15, 0.2) is 30.0 Å². The van der Waals surface area contributed by atoms with Gasteiger partial charge in [-0.15, -0.1) is 0 Å². The number of ether oxygens (including phenoxy) is 1. The van der Waals surface area contributed by atoms with Crippen LogP contribution in [-0.2, 0) is 4.74 Å². The fourth-order valence-corrected chi connectivity index (χ4v) is 3.79. The maximum absolute atomic E-state index is 14.6. The van der Waals surface area contributed by atoms with E-state index in [1.807, 2.05) is 0 Å². The SMILES string of the molecule is CC1=CC2(CCN(C(=O)c3nc4ccc(Cl)cn4c3F)CC2)OCC1. The minimum absolute atomic E-state index is 0.158. The fraction of sp³-hybridized carbons (Fsp3) is 0.444. The lowest BCUT2D eigenvalue weighted by atomic mass is 9.87. The number of pyridine rings is 1. The van der Waals surface area contributed by atoms with Crippen molar-refractivity contribution in [1.82, 2.24) is 14.3 Å². The molecule has 1 spiro atoms. The van der Waals surface area contributed by atoms with Crippen molar-refractivity contribution in [3.8, 4) is 0 Å². The maximum atomic E-state index is 14.6. The van der Waals surface area contributed by atoms with Gasteiger partial charge in [0.15, 0.2) is 5.69 Å². The first-order chi connectivity index (χ1) is 12.0. The highest BCUT2D eigenvalue weighted by Crippen LogP contribution is 2.33. The molecule has 2 aromatic heterocycles. The van der Waals surface area contributed by atoms with Crippen molar-refractivity contribution in [2.75, 3.05) is 19.7 Å². The van der Waals surface area contributed by atoms with Gasteiger partial charge in [-0.1, -0.05) is 23.3 Å². The largest absolute Gasteiger partial charge is 0.370 e. The van der Waals surface area contributed by atoms with Gasteiger partial charge in [-0.25, -0.2) is 4.98 Å². The highest BCUT2D eigenvalue weighted by molar-refractivity contribution is 6.30. The van der Waals surface area contributed by atoms with Crippen LogP contribution in [0, 0.1) is 5.95 Å². The smallest absolute Gasteiger partial charge is 0.277 e. The Labute approximate surface area is 150 Å². The third-order valence-electron chi connectivity index (χ3n) is 5.02. The molecular formula is C18H19ClFN3O2. The highest BCUT2D eigenvalue weighted by atomic mass is 35.5. The third kappa shape index (κ3) is 2.93. The number of fused-ring (bicyclic) bond motifs is 1. The molecule has 2 aliphatic heterocycles. The molecule has 2 aliphatic rings. The van der Waals surface area contributed by atoms with Crippen LogP contribution in [0.3, 0.4) is 0 Å². The van der Waals surface area contributed by atoms with Gasteiger partial charge in [0.1, 0.15) is 5.65 Å². The van der Waals surface area contributed by atoms with E-state index in [-0.39, 0.29) is 17.2 Å². The van der Waals surface area contributed by atoms with Gasteiger partial charge in [0.05, 0.1) is 17.2 Å². The lowest BCUT2D eigenvalue weighted by Crippen LogP contribution is -2.48. The van der Waals surface area contributed by atoms with Gasteiger partial charge < -0.3 is 9.64 Å². The lowest BCUT2D eigenvalue weighted by molar-refractivity contribution is -0.0523. The molecule has 4 rings (SSSR count). The van der Waals surface area contributed by atoms with Crippen LogP contribution in [0.2, 0.25) is 5.02 Å². The monoisotopic (exact) mass is 363 g/mol. The van der Waals surface area contributed by atoms with Crippen LogP contribution < -0.4 is 0 Å². The average Bonchev–Trinajstić information content (AvgIpc) is 2.91. The first kappa shape index (κ1) is 16.5. The molecule has 0 radical (unpaired) electrons. The molecule has 2 aromatic rings. The number of rotatable bonds is 1. The minimum Gasteiger partial charge on any atom is -0.370 e. The first-order valence-corrected chi connectivity index (χ1v) is 8.80. The first-order valence-electron chi connectivity index (χ1n) is 8.42. The van der Waals surface area contributed by atoms with E-state index in [1.54, 1.807) is 17.0 Å². The molecule has 0 saturated carbocycles. The summed E-state index contributed by atoms with van der Waals surface area (Å²) >= 11 is 5.89. The number of amides is 1. The molecular weight excluding hydrogens is 345 g/mol. The molecule has 4 heterocycles. The second-order valence-corrected chi connectivity index (χ2v) is 7.21. The van der Waals surface area contributed by atoms with E-state index in [9.17, 15) is 9.18 Å².